The van der Waals surface area contributed by atoms with E-state index in [0.29, 0.717) is 18.1 Å². The lowest BCUT2D eigenvalue weighted by molar-refractivity contribution is -0.120. The van der Waals surface area contributed by atoms with Crippen LogP contribution in [0, 0.1) is 5.82 Å². The van der Waals surface area contributed by atoms with E-state index in [-0.39, 0.29) is 24.4 Å². The van der Waals surface area contributed by atoms with Crippen LogP contribution < -0.4 is 5.73 Å². The topological polar surface area (TPSA) is 88.6 Å². The number of fused-ring (bicyclic) bond motifs is 1. The van der Waals surface area contributed by atoms with Gasteiger partial charge >= 0.3 is 0 Å². The van der Waals surface area contributed by atoms with E-state index >= 15 is 0 Å². The molecular formula is C20H22FN3O2. The van der Waals surface area contributed by atoms with Gasteiger partial charge in [0.2, 0.25) is 0 Å². The van der Waals surface area contributed by atoms with Crippen LogP contribution in [0.1, 0.15) is 48.6 Å². The third-order valence-electron chi connectivity index (χ3n) is 4.68. The standard InChI is InChI=1S/C20H22FN3O2/c1-20(2,26)18(12-3-5-14(21)6-4-12)9-16(25)8-15-7-13-10-24-19(22)17(13)11-23-15/h3-7,11,18,26H,8-10H2,1-2H3,(H2,22,24)/t18-/m0/s1. The van der Waals surface area contributed by atoms with E-state index in [1.54, 1.807) is 32.2 Å². The lowest BCUT2D eigenvalue weighted by Gasteiger charge is -2.29. The van der Waals surface area contributed by atoms with Crippen LogP contribution >= 0.6 is 0 Å². The van der Waals surface area contributed by atoms with Gasteiger partial charge in [0.25, 0.3) is 0 Å². The van der Waals surface area contributed by atoms with Gasteiger partial charge in [-0.25, -0.2) is 4.39 Å². The van der Waals surface area contributed by atoms with Gasteiger partial charge in [0.05, 0.1) is 12.1 Å². The van der Waals surface area contributed by atoms with Crippen LogP contribution in [-0.4, -0.2) is 27.3 Å². The zero-order valence-corrected chi connectivity index (χ0v) is 14.9. The molecule has 0 aliphatic carbocycles. The number of amidine groups is 1. The molecule has 3 rings (SSSR count). The van der Waals surface area contributed by atoms with Crippen LogP contribution in [0.15, 0.2) is 41.5 Å². The summed E-state index contributed by atoms with van der Waals surface area (Å²) >= 11 is 0. The second-order valence-corrected chi connectivity index (χ2v) is 7.21. The van der Waals surface area contributed by atoms with E-state index in [1.807, 2.05) is 6.07 Å². The summed E-state index contributed by atoms with van der Waals surface area (Å²) < 4.78 is 13.2. The first kappa shape index (κ1) is 18.2. The Bertz CT molecular complexity index is 854. The van der Waals surface area contributed by atoms with Gasteiger partial charge in [0.1, 0.15) is 17.4 Å². The lowest BCUT2D eigenvalue weighted by atomic mass is 9.80. The molecule has 1 aromatic carbocycles. The molecule has 6 heteroatoms. The minimum Gasteiger partial charge on any atom is -0.390 e. The van der Waals surface area contributed by atoms with E-state index in [9.17, 15) is 14.3 Å². The van der Waals surface area contributed by atoms with Gasteiger partial charge in [0, 0.05) is 36.2 Å². The molecule has 0 bridgehead atoms. The van der Waals surface area contributed by atoms with E-state index in [4.69, 9.17) is 5.73 Å². The molecule has 0 saturated carbocycles. The smallest absolute Gasteiger partial charge is 0.139 e. The Labute approximate surface area is 151 Å². The van der Waals surface area contributed by atoms with Crippen molar-refractivity contribution in [1.29, 1.82) is 0 Å². The second kappa shape index (κ2) is 6.96. The number of halogens is 1. The summed E-state index contributed by atoms with van der Waals surface area (Å²) in [6, 6.07) is 7.75. The van der Waals surface area contributed by atoms with E-state index in [2.05, 4.69) is 9.98 Å². The summed E-state index contributed by atoms with van der Waals surface area (Å²) in [5, 5.41) is 10.5. The Balaban J connectivity index is 1.73. The van der Waals surface area contributed by atoms with E-state index in [1.165, 1.54) is 12.1 Å². The number of carbonyl (C=O) groups excluding carboxylic acids is 1. The van der Waals surface area contributed by atoms with Crippen molar-refractivity contribution in [2.75, 3.05) is 0 Å². The lowest BCUT2D eigenvalue weighted by Crippen LogP contribution is -2.31. The number of benzene rings is 1. The number of rotatable bonds is 6. The van der Waals surface area contributed by atoms with Gasteiger partial charge in [-0.1, -0.05) is 12.1 Å². The molecule has 136 valence electrons. The third-order valence-corrected chi connectivity index (χ3v) is 4.68. The fraction of sp³-hybridized carbons (Fsp3) is 0.350. The van der Waals surface area contributed by atoms with Crippen molar-refractivity contribution in [3.05, 3.63) is 64.7 Å². The SMILES string of the molecule is CC(C)(O)[C@@H](CC(=O)Cc1cc2c(cn1)C(N)=NC2)c1ccc(F)cc1. The summed E-state index contributed by atoms with van der Waals surface area (Å²) in [6.45, 7) is 3.82. The highest BCUT2D eigenvalue weighted by Crippen LogP contribution is 2.32. The molecule has 1 aliphatic rings. The number of aliphatic imine (C=N–C) groups is 1. The van der Waals surface area contributed by atoms with Crippen LogP contribution in [0.3, 0.4) is 0 Å². The number of hydrogen-bond donors (Lipinski definition) is 2. The van der Waals surface area contributed by atoms with Crippen molar-refractivity contribution in [2.45, 2.75) is 44.8 Å². The summed E-state index contributed by atoms with van der Waals surface area (Å²) in [5.41, 5.74) is 7.85. The number of aromatic nitrogens is 1. The molecule has 2 aromatic rings. The Kier molecular flexibility index (Phi) is 4.87. The molecule has 0 spiro atoms. The van der Waals surface area contributed by atoms with Gasteiger partial charge in [-0.3, -0.25) is 14.8 Å². The number of Topliss-reactive ketones (excluding diaryl/α,β-unsaturated/α-hetero) is 1. The normalized spacial score (nSPS) is 14.7. The molecule has 1 aliphatic heterocycles. The first-order valence-electron chi connectivity index (χ1n) is 8.51. The predicted octanol–water partition coefficient (Wildman–Crippen LogP) is 2.50. The van der Waals surface area contributed by atoms with Crippen LogP contribution in [0.4, 0.5) is 4.39 Å². The van der Waals surface area contributed by atoms with Crippen LogP contribution in [0.25, 0.3) is 0 Å². The van der Waals surface area contributed by atoms with Gasteiger partial charge in [0.15, 0.2) is 0 Å². The fourth-order valence-electron chi connectivity index (χ4n) is 3.23. The number of nitrogens with two attached hydrogens (primary N) is 1. The molecule has 0 radical (unpaired) electrons. The average Bonchev–Trinajstić information content (AvgIpc) is 2.93. The molecular weight excluding hydrogens is 333 g/mol. The summed E-state index contributed by atoms with van der Waals surface area (Å²) in [5.74, 6) is -0.341. The van der Waals surface area contributed by atoms with E-state index in [0.717, 1.165) is 16.7 Å². The predicted molar refractivity (Wildman–Crippen MR) is 97.4 cm³/mol. The minimum absolute atomic E-state index is 0.0409. The Morgan fingerprint density at radius 3 is 2.69 bits per heavy atom. The van der Waals surface area contributed by atoms with Crippen molar-refractivity contribution in [3.63, 3.8) is 0 Å². The molecule has 5 nitrogen and oxygen atoms in total. The average molecular weight is 355 g/mol. The molecule has 2 heterocycles. The monoisotopic (exact) mass is 355 g/mol. The number of aliphatic hydroxyl groups is 1. The Morgan fingerprint density at radius 2 is 2.04 bits per heavy atom. The fourth-order valence-corrected chi connectivity index (χ4v) is 3.23. The van der Waals surface area contributed by atoms with Gasteiger partial charge in [-0.2, -0.15) is 0 Å². The molecule has 3 N–H and O–H groups in total. The molecule has 1 aromatic heterocycles. The van der Waals surface area contributed by atoms with Crippen molar-refractivity contribution in [1.82, 2.24) is 4.98 Å². The molecule has 0 fully saturated rings. The van der Waals surface area contributed by atoms with Crippen LogP contribution in [0.2, 0.25) is 0 Å². The molecule has 0 unspecified atom stereocenters. The largest absolute Gasteiger partial charge is 0.390 e. The van der Waals surface area contributed by atoms with Crippen molar-refractivity contribution < 1.29 is 14.3 Å². The maximum atomic E-state index is 13.2. The zero-order valence-electron chi connectivity index (χ0n) is 14.9. The number of ketones is 1. The minimum atomic E-state index is -1.11. The van der Waals surface area contributed by atoms with Crippen molar-refractivity contribution >= 4 is 11.6 Å². The molecule has 26 heavy (non-hydrogen) atoms. The summed E-state index contributed by atoms with van der Waals surface area (Å²) in [6.07, 6.45) is 1.96. The third kappa shape index (κ3) is 3.96. The van der Waals surface area contributed by atoms with E-state index < -0.39 is 11.5 Å². The summed E-state index contributed by atoms with van der Waals surface area (Å²) in [4.78, 5) is 21.1. The molecule has 0 amide bonds. The number of carbonyl (C=O) groups is 1. The molecule has 1 atom stereocenters. The number of hydrogen-bond acceptors (Lipinski definition) is 5. The summed E-state index contributed by atoms with van der Waals surface area (Å²) in [7, 11) is 0. The highest BCUT2D eigenvalue weighted by molar-refractivity contribution is 6.00. The van der Waals surface area contributed by atoms with Gasteiger partial charge in [-0.05, 0) is 43.2 Å². The zero-order chi connectivity index (χ0) is 18.9. The Hall–Kier alpha value is -2.60. The van der Waals surface area contributed by atoms with Crippen molar-refractivity contribution in [2.24, 2.45) is 10.7 Å². The Morgan fingerprint density at radius 1 is 1.35 bits per heavy atom. The highest BCUT2D eigenvalue weighted by Gasteiger charge is 2.30. The van der Waals surface area contributed by atoms with Gasteiger partial charge < -0.3 is 10.8 Å². The highest BCUT2D eigenvalue weighted by atomic mass is 19.1. The quantitative estimate of drug-likeness (QED) is 0.833. The maximum Gasteiger partial charge on any atom is 0.139 e. The number of nitrogens with zero attached hydrogens (tertiary/aromatic N) is 2. The first-order valence-corrected chi connectivity index (χ1v) is 8.51. The van der Waals surface area contributed by atoms with Gasteiger partial charge in [-0.15, -0.1) is 0 Å². The van der Waals surface area contributed by atoms with Crippen LogP contribution in [0.5, 0.6) is 0 Å². The molecule has 0 saturated heterocycles. The van der Waals surface area contributed by atoms with Crippen LogP contribution in [-0.2, 0) is 17.8 Å². The van der Waals surface area contributed by atoms with Crippen molar-refractivity contribution in [3.8, 4) is 0 Å². The second-order valence-electron chi connectivity index (χ2n) is 7.21. The maximum absolute atomic E-state index is 13.2. The number of pyridine rings is 1. The first-order chi connectivity index (χ1) is 12.2.